The summed E-state index contributed by atoms with van der Waals surface area (Å²) in [6.45, 7) is 5.48. The minimum Gasteiger partial charge on any atom is -0.376 e. The van der Waals surface area contributed by atoms with Gasteiger partial charge in [-0.15, -0.1) is 0 Å². The van der Waals surface area contributed by atoms with Crippen LogP contribution in [0.25, 0.3) is 0 Å². The molecule has 0 spiro atoms. The summed E-state index contributed by atoms with van der Waals surface area (Å²) in [5.41, 5.74) is 0. The van der Waals surface area contributed by atoms with Crippen LogP contribution in [0.2, 0.25) is 0 Å². The lowest BCUT2D eigenvalue weighted by molar-refractivity contribution is -0.0755. The molecular weight excluding hydrogens is 262 g/mol. The van der Waals surface area contributed by atoms with E-state index >= 15 is 0 Å². The standard InChI is InChI=1S/C18H31NO2/c1-2-6-16(7-3-1)14-19-11-9-17(10-12-19)21-15-18-8-4-5-13-20-18/h1-2,16-18H,3-15H2/t16-,18-/m1/s1. The predicted octanol–water partition coefficient (Wildman–Crippen LogP) is 3.39. The van der Waals surface area contributed by atoms with E-state index in [1.165, 1.54) is 71.0 Å². The third-order valence-corrected chi connectivity index (χ3v) is 5.22. The average molecular weight is 293 g/mol. The second kappa shape index (κ2) is 8.30. The van der Waals surface area contributed by atoms with Crippen molar-refractivity contribution >= 4 is 0 Å². The van der Waals surface area contributed by atoms with Crippen molar-refractivity contribution in [1.29, 1.82) is 0 Å². The Morgan fingerprint density at radius 1 is 1.05 bits per heavy atom. The van der Waals surface area contributed by atoms with E-state index in [-0.39, 0.29) is 0 Å². The van der Waals surface area contributed by atoms with Gasteiger partial charge in [-0.2, -0.15) is 0 Å². The summed E-state index contributed by atoms with van der Waals surface area (Å²) in [6, 6.07) is 0. The van der Waals surface area contributed by atoms with Crippen LogP contribution in [0.5, 0.6) is 0 Å². The lowest BCUT2D eigenvalue weighted by Crippen LogP contribution is -2.40. The highest BCUT2D eigenvalue weighted by molar-refractivity contribution is 4.91. The Labute approximate surface area is 129 Å². The number of nitrogens with zero attached hydrogens (tertiary/aromatic N) is 1. The van der Waals surface area contributed by atoms with Crippen LogP contribution in [0.3, 0.4) is 0 Å². The first-order valence-corrected chi connectivity index (χ1v) is 9.01. The molecule has 0 saturated carbocycles. The molecular formula is C18H31NO2. The first-order valence-electron chi connectivity index (χ1n) is 9.01. The summed E-state index contributed by atoms with van der Waals surface area (Å²) >= 11 is 0. The molecule has 3 nitrogen and oxygen atoms in total. The zero-order valence-corrected chi connectivity index (χ0v) is 13.3. The minimum absolute atomic E-state index is 0.366. The maximum atomic E-state index is 6.10. The molecule has 0 aromatic carbocycles. The van der Waals surface area contributed by atoms with Crippen LogP contribution in [0, 0.1) is 5.92 Å². The van der Waals surface area contributed by atoms with Crippen LogP contribution in [-0.2, 0) is 9.47 Å². The van der Waals surface area contributed by atoms with Crippen LogP contribution in [0.1, 0.15) is 51.4 Å². The minimum atomic E-state index is 0.366. The Bertz CT molecular complexity index is 317. The molecule has 2 saturated heterocycles. The van der Waals surface area contributed by atoms with Gasteiger partial charge in [-0.3, -0.25) is 0 Å². The number of piperidine rings is 1. The lowest BCUT2D eigenvalue weighted by atomic mass is 9.93. The van der Waals surface area contributed by atoms with Gasteiger partial charge in [-0.1, -0.05) is 12.2 Å². The largest absolute Gasteiger partial charge is 0.376 e. The maximum Gasteiger partial charge on any atom is 0.0808 e. The molecule has 0 aromatic heterocycles. The second-order valence-electron chi connectivity index (χ2n) is 6.97. The van der Waals surface area contributed by atoms with E-state index in [1.807, 2.05) is 0 Å². The average Bonchev–Trinajstić information content (AvgIpc) is 2.56. The molecule has 0 bridgehead atoms. The Balaban J connectivity index is 1.30. The molecule has 3 aliphatic rings. The van der Waals surface area contributed by atoms with Gasteiger partial charge in [-0.05, 0) is 57.3 Å². The molecule has 0 unspecified atom stereocenters. The first kappa shape index (κ1) is 15.5. The molecule has 3 heteroatoms. The highest BCUT2D eigenvalue weighted by Gasteiger charge is 2.23. The Kier molecular flexibility index (Phi) is 6.13. The third kappa shape index (κ3) is 5.08. The van der Waals surface area contributed by atoms with Crippen LogP contribution >= 0.6 is 0 Å². The molecule has 2 heterocycles. The highest BCUT2D eigenvalue weighted by atomic mass is 16.5. The summed E-state index contributed by atoms with van der Waals surface area (Å²) in [5.74, 6) is 0.892. The fourth-order valence-corrected chi connectivity index (χ4v) is 3.83. The van der Waals surface area contributed by atoms with E-state index < -0.39 is 0 Å². The van der Waals surface area contributed by atoms with E-state index in [9.17, 15) is 0 Å². The highest BCUT2D eigenvalue weighted by Crippen LogP contribution is 2.22. The maximum absolute atomic E-state index is 6.10. The Hall–Kier alpha value is -0.380. The number of hydrogen-bond acceptors (Lipinski definition) is 3. The molecule has 120 valence electrons. The van der Waals surface area contributed by atoms with Crippen LogP contribution < -0.4 is 0 Å². The zero-order valence-electron chi connectivity index (χ0n) is 13.3. The lowest BCUT2D eigenvalue weighted by Gasteiger charge is -2.35. The third-order valence-electron chi connectivity index (χ3n) is 5.22. The van der Waals surface area contributed by atoms with E-state index in [2.05, 4.69) is 17.1 Å². The SMILES string of the molecule is C1=CC[C@@H](CN2CCC(OC[C@H]3CCCCO3)CC2)CC1. The second-order valence-corrected chi connectivity index (χ2v) is 6.97. The predicted molar refractivity (Wildman–Crippen MR) is 85.5 cm³/mol. The quantitative estimate of drug-likeness (QED) is 0.725. The molecule has 2 fully saturated rings. The van der Waals surface area contributed by atoms with E-state index in [0.717, 1.165) is 19.1 Å². The number of ether oxygens (including phenoxy) is 2. The van der Waals surface area contributed by atoms with Crippen LogP contribution in [0.15, 0.2) is 12.2 Å². The van der Waals surface area contributed by atoms with Gasteiger partial charge in [0, 0.05) is 26.2 Å². The fraction of sp³-hybridized carbons (Fsp3) is 0.889. The van der Waals surface area contributed by atoms with Gasteiger partial charge >= 0.3 is 0 Å². The monoisotopic (exact) mass is 293 g/mol. The summed E-state index contributed by atoms with van der Waals surface area (Å²) in [6.07, 6.45) is 15.6. The van der Waals surface area contributed by atoms with Gasteiger partial charge < -0.3 is 14.4 Å². The van der Waals surface area contributed by atoms with Crippen molar-refractivity contribution in [2.45, 2.75) is 63.6 Å². The fourth-order valence-electron chi connectivity index (χ4n) is 3.83. The number of rotatable bonds is 5. The topological polar surface area (TPSA) is 21.7 Å². The molecule has 1 aliphatic carbocycles. The molecule has 2 aliphatic heterocycles. The Morgan fingerprint density at radius 3 is 2.67 bits per heavy atom. The van der Waals surface area contributed by atoms with Gasteiger partial charge in [0.25, 0.3) is 0 Å². The van der Waals surface area contributed by atoms with Crippen molar-refractivity contribution in [3.63, 3.8) is 0 Å². The van der Waals surface area contributed by atoms with Gasteiger partial charge in [-0.25, -0.2) is 0 Å². The molecule has 21 heavy (non-hydrogen) atoms. The molecule has 0 N–H and O–H groups in total. The molecule has 0 radical (unpaired) electrons. The van der Waals surface area contributed by atoms with Crippen molar-refractivity contribution in [3.8, 4) is 0 Å². The summed E-state index contributed by atoms with van der Waals surface area (Å²) in [7, 11) is 0. The molecule has 0 amide bonds. The van der Waals surface area contributed by atoms with E-state index in [1.54, 1.807) is 0 Å². The van der Waals surface area contributed by atoms with Gasteiger partial charge in [0.15, 0.2) is 0 Å². The molecule has 3 rings (SSSR count). The molecule has 2 atom stereocenters. The normalized spacial score (nSPS) is 32.4. The van der Waals surface area contributed by atoms with Gasteiger partial charge in [0.05, 0.1) is 18.8 Å². The molecule has 0 aromatic rings. The van der Waals surface area contributed by atoms with Crippen molar-refractivity contribution < 1.29 is 9.47 Å². The number of allylic oxidation sites excluding steroid dienone is 2. The van der Waals surface area contributed by atoms with Crippen LogP contribution in [0.4, 0.5) is 0 Å². The zero-order chi connectivity index (χ0) is 14.3. The van der Waals surface area contributed by atoms with Gasteiger partial charge in [0.2, 0.25) is 0 Å². The van der Waals surface area contributed by atoms with Crippen molar-refractivity contribution in [3.05, 3.63) is 12.2 Å². The van der Waals surface area contributed by atoms with Crippen molar-refractivity contribution in [2.75, 3.05) is 32.8 Å². The van der Waals surface area contributed by atoms with Crippen molar-refractivity contribution in [2.24, 2.45) is 5.92 Å². The van der Waals surface area contributed by atoms with E-state index in [4.69, 9.17) is 9.47 Å². The summed E-state index contributed by atoms with van der Waals surface area (Å²) < 4.78 is 11.8. The van der Waals surface area contributed by atoms with Crippen molar-refractivity contribution in [1.82, 2.24) is 4.90 Å². The number of likely N-dealkylation sites (tertiary alicyclic amines) is 1. The summed E-state index contributed by atoms with van der Waals surface area (Å²) in [4.78, 5) is 2.65. The van der Waals surface area contributed by atoms with Crippen LogP contribution in [-0.4, -0.2) is 50.0 Å². The number of hydrogen-bond donors (Lipinski definition) is 0. The Morgan fingerprint density at radius 2 is 1.95 bits per heavy atom. The van der Waals surface area contributed by atoms with E-state index in [0.29, 0.717) is 12.2 Å². The summed E-state index contributed by atoms with van der Waals surface area (Å²) in [5, 5.41) is 0. The smallest absolute Gasteiger partial charge is 0.0808 e. The first-order chi connectivity index (χ1) is 10.4. The van der Waals surface area contributed by atoms with Gasteiger partial charge in [0.1, 0.15) is 0 Å².